The molecule has 3 N–H and O–H groups in total. The van der Waals surface area contributed by atoms with E-state index in [-0.39, 0.29) is 24.3 Å². The van der Waals surface area contributed by atoms with Gasteiger partial charge in [0.15, 0.2) is 0 Å². The van der Waals surface area contributed by atoms with E-state index >= 15 is 0 Å². The molecule has 1 spiro atoms. The lowest BCUT2D eigenvalue weighted by molar-refractivity contribution is -0.144. The fourth-order valence-corrected chi connectivity index (χ4v) is 6.22. The van der Waals surface area contributed by atoms with Gasteiger partial charge in [-0.3, -0.25) is 14.4 Å². The third-order valence-electron chi connectivity index (χ3n) is 7.32. The van der Waals surface area contributed by atoms with Crippen LogP contribution in [-0.2, 0) is 19.1 Å². The van der Waals surface area contributed by atoms with Gasteiger partial charge in [-0.25, -0.2) is 0 Å². The zero-order chi connectivity index (χ0) is 24.6. The Kier molecular flexibility index (Phi) is 7.22. The third kappa shape index (κ3) is 4.10. The van der Waals surface area contributed by atoms with Gasteiger partial charge in [-0.05, 0) is 43.7 Å². The Labute approximate surface area is 205 Å². The van der Waals surface area contributed by atoms with Gasteiger partial charge in [0.2, 0.25) is 17.7 Å². The van der Waals surface area contributed by atoms with E-state index in [2.05, 4.69) is 10.6 Å². The molecule has 0 aromatic heterocycles. The lowest BCUT2D eigenvalue weighted by Gasteiger charge is -2.37. The number of hydrogen-bond acceptors (Lipinski definition) is 5. The van der Waals surface area contributed by atoms with Gasteiger partial charge in [-0.1, -0.05) is 44.5 Å². The number of anilines is 1. The molecule has 1 aromatic rings. The number of benzene rings is 1. The van der Waals surface area contributed by atoms with Crippen LogP contribution in [0.15, 0.2) is 24.3 Å². The molecule has 3 amide bonds. The first-order valence-corrected chi connectivity index (χ1v) is 12.6. The first-order chi connectivity index (χ1) is 16.2. The number of rotatable bonds is 9. The van der Waals surface area contributed by atoms with E-state index in [0.717, 1.165) is 6.42 Å². The van der Waals surface area contributed by atoms with Crippen LogP contribution in [0.3, 0.4) is 0 Å². The molecule has 9 heteroatoms. The molecule has 6 atom stereocenters. The summed E-state index contributed by atoms with van der Waals surface area (Å²) in [4.78, 5) is 42.3. The number of hydrogen-bond donors (Lipinski definition) is 3. The molecule has 0 saturated carbocycles. The highest BCUT2D eigenvalue weighted by atomic mass is 35.5. The Bertz CT molecular complexity index is 956. The van der Waals surface area contributed by atoms with Crippen molar-refractivity contribution in [2.75, 3.05) is 18.5 Å². The average molecular weight is 492 g/mol. The van der Waals surface area contributed by atoms with Crippen LogP contribution in [0.5, 0.6) is 0 Å². The summed E-state index contributed by atoms with van der Waals surface area (Å²) in [7, 11) is 0. The van der Waals surface area contributed by atoms with Crippen molar-refractivity contribution in [3.8, 4) is 0 Å². The molecule has 2 bridgehead atoms. The van der Waals surface area contributed by atoms with Crippen LogP contribution in [0.25, 0.3) is 0 Å². The highest BCUT2D eigenvalue weighted by Gasteiger charge is 2.75. The molecule has 0 radical (unpaired) electrons. The van der Waals surface area contributed by atoms with E-state index in [1.807, 2.05) is 20.8 Å². The van der Waals surface area contributed by atoms with Crippen molar-refractivity contribution in [3.05, 3.63) is 29.3 Å². The van der Waals surface area contributed by atoms with Crippen molar-refractivity contribution in [2.45, 2.75) is 70.2 Å². The van der Waals surface area contributed by atoms with E-state index in [9.17, 15) is 19.5 Å². The molecule has 3 aliphatic heterocycles. The first kappa shape index (κ1) is 24.9. The van der Waals surface area contributed by atoms with Gasteiger partial charge in [0, 0.05) is 6.54 Å². The van der Waals surface area contributed by atoms with Crippen LogP contribution in [-0.4, -0.2) is 64.7 Å². The monoisotopic (exact) mass is 491 g/mol. The maximum absolute atomic E-state index is 13.9. The fraction of sp³-hybridized carbons (Fsp3) is 0.640. The van der Waals surface area contributed by atoms with E-state index in [1.54, 1.807) is 24.3 Å². The molecule has 2 unspecified atom stereocenters. The molecule has 8 nitrogen and oxygen atoms in total. The number of halogens is 1. The molecule has 3 heterocycles. The zero-order valence-corrected chi connectivity index (χ0v) is 20.7. The van der Waals surface area contributed by atoms with Crippen molar-refractivity contribution >= 4 is 35.0 Å². The van der Waals surface area contributed by atoms with Crippen molar-refractivity contribution in [1.82, 2.24) is 10.2 Å². The number of aliphatic hydroxyl groups excluding tert-OH is 1. The summed E-state index contributed by atoms with van der Waals surface area (Å²) in [6.07, 6.45) is 2.01. The number of aliphatic hydroxyl groups is 1. The number of carbonyl (C=O) groups excluding carboxylic acids is 3. The van der Waals surface area contributed by atoms with Crippen molar-refractivity contribution in [3.63, 3.8) is 0 Å². The second-order valence-corrected chi connectivity index (χ2v) is 10.4. The van der Waals surface area contributed by atoms with Crippen LogP contribution in [0.1, 0.15) is 46.5 Å². The van der Waals surface area contributed by atoms with Crippen LogP contribution < -0.4 is 10.6 Å². The number of amides is 3. The predicted molar refractivity (Wildman–Crippen MR) is 128 cm³/mol. The number of nitrogens with one attached hydrogen (secondary N) is 2. The Morgan fingerprint density at radius 1 is 1.29 bits per heavy atom. The highest BCUT2D eigenvalue weighted by molar-refractivity contribution is 6.33. The number of para-hydroxylation sites is 1. The lowest BCUT2D eigenvalue weighted by atomic mass is 9.70. The van der Waals surface area contributed by atoms with Gasteiger partial charge in [-0.2, -0.15) is 0 Å². The molecule has 0 aliphatic carbocycles. The molecular weight excluding hydrogens is 458 g/mol. The maximum atomic E-state index is 13.9. The van der Waals surface area contributed by atoms with E-state index < -0.39 is 41.5 Å². The van der Waals surface area contributed by atoms with Crippen molar-refractivity contribution in [1.29, 1.82) is 0 Å². The fourth-order valence-electron chi connectivity index (χ4n) is 6.03. The Morgan fingerprint density at radius 3 is 2.68 bits per heavy atom. The second-order valence-electron chi connectivity index (χ2n) is 10.0. The van der Waals surface area contributed by atoms with Crippen molar-refractivity contribution in [2.24, 2.45) is 17.8 Å². The second kappa shape index (κ2) is 9.84. The Morgan fingerprint density at radius 2 is 2.03 bits per heavy atom. The zero-order valence-electron chi connectivity index (χ0n) is 19.9. The van der Waals surface area contributed by atoms with Crippen LogP contribution in [0.2, 0.25) is 5.02 Å². The standard InChI is InChI=1S/C25H34ClN3O5/c1-4-11-27-22(31)19-18-9-10-25(34-18)20(19)24(33)29(15(13-30)12-14(2)3)21(25)23(32)28-17-8-6-5-7-16(17)26/h5-8,14-15,18-21,30H,4,9-13H2,1-3H3,(H,27,31)(H,28,32)/t15-,18+,19-,20+,21?,25?/m1/s1. The minimum absolute atomic E-state index is 0.191. The van der Waals surface area contributed by atoms with Gasteiger partial charge in [0.05, 0.1) is 41.3 Å². The number of nitrogens with zero attached hydrogens (tertiary/aromatic N) is 1. The summed E-state index contributed by atoms with van der Waals surface area (Å²) in [5.74, 6) is -2.13. The summed E-state index contributed by atoms with van der Waals surface area (Å²) >= 11 is 6.28. The summed E-state index contributed by atoms with van der Waals surface area (Å²) in [6, 6.07) is 5.38. The Hall–Kier alpha value is -2.16. The summed E-state index contributed by atoms with van der Waals surface area (Å²) in [5, 5.41) is 16.4. The van der Waals surface area contributed by atoms with Gasteiger partial charge in [-0.15, -0.1) is 0 Å². The van der Waals surface area contributed by atoms with Gasteiger partial charge in [0.25, 0.3) is 0 Å². The van der Waals surface area contributed by atoms with Crippen LogP contribution in [0, 0.1) is 17.8 Å². The van der Waals surface area contributed by atoms with E-state index in [1.165, 1.54) is 4.90 Å². The molecule has 34 heavy (non-hydrogen) atoms. The lowest BCUT2D eigenvalue weighted by Crippen LogP contribution is -2.56. The van der Waals surface area contributed by atoms with Gasteiger partial charge >= 0.3 is 0 Å². The molecule has 186 valence electrons. The highest BCUT2D eigenvalue weighted by Crippen LogP contribution is 2.59. The van der Waals surface area contributed by atoms with Gasteiger partial charge < -0.3 is 25.4 Å². The molecule has 1 aromatic carbocycles. The summed E-state index contributed by atoms with van der Waals surface area (Å²) in [6.45, 7) is 6.21. The topological polar surface area (TPSA) is 108 Å². The SMILES string of the molecule is CCCNC(=O)[C@@H]1[C@@H]2CCC3(O2)C(C(=O)Nc2ccccc2Cl)N([C@@H](CO)CC(C)C)C(=O)[C@H]13. The summed E-state index contributed by atoms with van der Waals surface area (Å²) < 4.78 is 6.40. The van der Waals surface area contributed by atoms with Crippen LogP contribution in [0.4, 0.5) is 5.69 Å². The maximum Gasteiger partial charge on any atom is 0.250 e. The average Bonchev–Trinajstić information content (AvgIpc) is 3.44. The summed E-state index contributed by atoms with van der Waals surface area (Å²) in [5.41, 5.74) is -0.665. The number of fused-ring (bicyclic) bond motifs is 1. The van der Waals surface area contributed by atoms with Crippen molar-refractivity contribution < 1.29 is 24.2 Å². The Balaban J connectivity index is 1.73. The number of carbonyl (C=O) groups is 3. The molecule has 4 rings (SSSR count). The minimum Gasteiger partial charge on any atom is -0.394 e. The number of likely N-dealkylation sites (tertiary alicyclic amines) is 1. The molecular formula is C25H34ClN3O5. The normalized spacial score (nSPS) is 30.5. The quantitative estimate of drug-likeness (QED) is 0.492. The van der Waals surface area contributed by atoms with E-state index in [4.69, 9.17) is 16.3 Å². The van der Waals surface area contributed by atoms with Crippen LogP contribution >= 0.6 is 11.6 Å². The molecule has 3 saturated heterocycles. The minimum atomic E-state index is -1.11. The van der Waals surface area contributed by atoms with Gasteiger partial charge in [0.1, 0.15) is 11.6 Å². The first-order valence-electron chi connectivity index (χ1n) is 12.2. The number of ether oxygens (including phenoxy) is 1. The largest absolute Gasteiger partial charge is 0.394 e. The predicted octanol–water partition coefficient (Wildman–Crippen LogP) is 2.59. The van der Waals surface area contributed by atoms with E-state index in [0.29, 0.717) is 36.5 Å². The smallest absolute Gasteiger partial charge is 0.250 e. The molecule has 3 fully saturated rings. The molecule has 3 aliphatic rings. The third-order valence-corrected chi connectivity index (χ3v) is 7.65.